The van der Waals surface area contributed by atoms with Gasteiger partial charge in [0.2, 0.25) is 11.8 Å². The highest BCUT2D eigenvalue weighted by Gasteiger charge is 2.41. The Kier molecular flexibility index (Phi) is 6.66. The van der Waals surface area contributed by atoms with Crippen molar-refractivity contribution >= 4 is 17.6 Å². The first-order valence-electron chi connectivity index (χ1n) is 8.99. The summed E-state index contributed by atoms with van der Waals surface area (Å²) in [5.74, 6) is -3.38. The molecule has 0 saturated carbocycles. The highest BCUT2D eigenvalue weighted by molar-refractivity contribution is 6.08. The number of nitrogens with zero attached hydrogens (tertiary/aromatic N) is 1. The van der Waals surface area contributed by atoms with E-state index in [0.717, 1.165) is 12.0 Å². The van der Waals surface area contributed by atoms with E-state index in [-0.39, 0.29) is 0 Å². The van der Waals surface area contributed by atoms with Crippen molar-refractivity contribution in [3.8, 4) is 0 Å². The van der Waals surface area contributed by atoms with Crippen molar-refractivity contribution in [3.05, 3.63) is 23.3 Å². The molecule has 0 fully saturated rings. The Morgan fingerprint density at radius 2 is 2.04 bits per heavy atom. The number of carbonyl (C=O) groups is 3. The Labute approximate surface area is 161 Å². The van der Waals surface area contributed by atoms with Crippen LogP contribution in [-0.4, -0.2) is 54.0 Å². The van der Waals surface area contributed by atoms with Crippen molar-refractivity contribution in [2.45, 2.75) is 57.0 Å². The van der Waals surface area contributed by atoms with Crippen molar-refractivity contribution in [1.82, 2.24) is 10.2 Å². The Morgan fingerprint density at radius 1 is 1.39 bits per heavy atom. The van der Waals surface area contributed by atoms with Gasteiger partial charge in [0.15, 0.2) is 5.78 Å². The standard InChI is InChI=1S/C18H25F3N4O3/c1-9(24-16(27)12(22)8-18(19,20)21)15(26)14-11-6-4-3-5-10(11)7-13(23)25(2)17(14)28/h4,6,9,12-14H,3,5,7-8,22-23H2,1-2H3,(H,24,27)/t9-,12?,13?,14-/m0/s1. The first-order chi connectivity index (χ1) is 12.9. The fraction of sp³-hybridized carbons (Fsp3) is 0.611. The topological polar surface area (TPSA) is 119 Å². The number of hydrogen-bond donors (Lipinski definition) is 3. The van der Waals surface area contributed by atoms with Gasteiger partial charge in [-0.2, -0.15) is 13.2 Å². The number of hydrogen-bond acceptors (Lipinski definition) is 5. The van der Waals surface area contributed by atoms with Crippen LogP contribution in [0.25, 0.3) is 0 Å². The Morgan fingerprint density at radius 3 is 2.64 bits per heavy atom. The normalized spacial score (nSPS) is 25.1. The molecule has 2 amide bonds. The fourth-order valence-corrected chi connectivity index (χ4v) is 3.40. The van der Waals surface area contributed by atoms with Crippen molar-refractivity contribution in [3.63, 3.8) is 0 Å². The molecule has 2 unspecified atom stereocenters. The first-order valence-corrected chi connectivity index (χ1v) is 8.99. The largest absolute Gasteiger partial charge is 0.391 e. The molecule has 5 N–H and O–H groups in total. The Hall–Kier alpha value is -2.20. The van der Waals surface area contributed by atoms with Gasteiger partial charge >= 0.3 is 6.18 Å². The SMILES string of the molecule is C[C@H](NC(=O)C(N)CC(F)(F)F)C(=O)[C@H]1C(=O)N(C)C(N)CC2=C1C=CCC2. The van der Waals surface area contributed by atoms with E-state index in [9.17, 15) is 27.6 Å². The van der Waals surface area contributed by atoms with Crippen LogP contribution in [0.2, 0.25) is 0 Å². The van der Waals surface area contributed by atoms with E-state index in [1.807, 2.05) is 6.08 Å². The molecule has 10 heteroatoms. The van der Waals surface area contributed by atoms with E-state index in [1.165, 1.54) is 18.9 Å². The molecule has 2 rings (SSSR count). The molecule has 156 valence electrons. The van der Waals surface area contributed by atoms with Crippen LogP contribution in [-0.2, 0) is 14.4 Å². The molecule has 28 heavy (non-hydrogen) atoms. The number of alkyl halides is 3. The average molecular weight is 402 g/mol. The van der Waals surface area contributed by atoms with Crippen molar-refractivity contribution in [2.75, 3.05) is 7.05 Å². The van der Waals surface area contributed by atoms with Gasteiger partial charge in [0.1, 0.15) is 5.92 Å². The van der Waals surface area contributed by atoms with Gasteiger partial charge in [-0.1, -0.05) is 17.7 Å². The average Bonchev–Trinajstić information content (AvgIpc) is 2.68. The number of Topliss-reactive ketones (excluding diaryl/α,β-unsaturated/α-hetero) is 1. The second-order valence-electron chi connectivity index (χ2n) is 7.21. The van der Waals surface area contributed by atoms with E-state index in [2.05, 4.69) is 5.32 Å². The quantitative estimate of drug-likeness (QED) is 0.587. The second-order valence-corrected chi connectivity index (χ2v) is 7.21. The fourth-order valence-electron chi connectivity index (χ4n) is 3.40. The molecule has 0 saturated heterocycles. The van der Waals surface area contributed by atoms with Crippen LogP contribution in [0, 0.1) is 5.92 Å². The van der Waals surface area contributed by atoms with Crippen LogP contribution in [0.5, 0.6) is 0 Å². The Balaban J connectivity index is 2.21. The van der Waals surface area contributed by atoms with Crippen LogP contribution < -0.4 is 16.8 Å². The summed E-state index contributed by atoms with van der Waals surface area (Å²) in [6.45, 7) is 1.32. The number of rotatable bonds is 5. The van der Waals surface area contributed by atoms with Gasteiger partial charge in [0.05, 0.1) is 24.7 Å². The molecule has 4 atom stereocenters. The van der Waals surface area contributed by atoms with Crippen molar-refractivity contribution in [1.29, 1.82) is 0 Å². The van der Waals surface area contributed by atoms with Crippen LogP contribution >= 0.6 is 0 Å². The van der Waals surface area contributed by atoms with Gasteiger partial charge in [-0.25, -0.2) is 0 Å². The molecule has 0 aromatic carbocycles. The maximum atomic E-state index is 13.0. The lowest BCUT2D eigenvalue weighted by atomic mass is 9.83. The molecule has 0 radical (unpaired) electrons. The van der Waals surface area contributed by atoms with Crippen LogP contribution in [0.15, 0.2) is 23.3 Å². The number of allylic oxidation sites excluding steroid dienone is 2. The van der Waals surface area contributed by atoms with Gasteiger partial charge in [-0.15, -0.1) is 0 Å². The van der Waals surface area contributed by atoms with E-state index < -0.39 is 54.4 Å². The maximum Gasteiger partial charge on any atom is 0.391 e. The second kappa shape index (κ2) is 8.44. The van der Waals surface area contributed by atoms with Gasteiger partial charge in [-0.05, 0) is 25.3 Å². The molecular formula is C18H25F3N4O3. The van der Waals surface area contributed by atoms with Crippen LogP contribution in [0.3, 0.4) is 0 Å². The number of halogens is 3. The molecule has 1 heterocycles. The van der Waals surface area contributed by atoms with Gasteiger partial charge in [0, 0.05) is 13.5 Å². The molecule has 1 aliphatic heterocycles. The molecule has 2 aliphatic rings. The molecule has 0 aromatic rings. The van der Waals surface area contributed by atoms with Gasteiger partial charge < -0.3 is 21.7 Å². The molecule has 1 aliphatic carbocycles. The number of nitrogens with two attached hydrogens (primary N) is 2. The summed E-state index contributed by atoms with van der Waals surface area (Å²) in [5.41, 5.74) is 12.8. The zero-order valence-electron chi connectivity index (χ0n) is 15.8. The van der Waals surface area contributed by atoms with Crippen LogP contribution in [0.1, 0.15) is 32.6 Å². The number of amides is 2. The lowest BCUT2D eigenvalue weighted by Gasteiger charge is -2.27. The molecule has 7 nitrogen and oxygen atoms in total. The summed E-state index contributed by atoms with van der Waals surface area (Å²) in [4.78, 5) is 39.0. The number of ketones is 1. The highest BCUT2D eigenvalue weighted by atomic mass is 19.4. The smallest absolute Gasteiger partial charge is 0.345 e. The van der Waals surface area contributed by atoms with Gasteiger partial charge in [-0.3, -0.25) is 14.4 Å². The third kappa shape index (κ3) is 4.99. The molecule has 0 bridgehead atoms. The molecular weight excluding hydrogens is 377 g/mol. The number of carbonyl (C=O) groups excluding carboxylic acids is 3. The van der Waals surface area contributed by atoms with Gasteiger partial charge in [0.25, 0.3) is 0 Å². The minimum Gasteiger partial charge on any atom is -0.345 e. The lowest BCUT2D eigenvalue weighted by molar-refractivity contribution is -0.148. The zero-order valence-corrected chi connectivity index (χ0v) is 15.8. The van der Waals surface area contributed by atoms with E-state index >= 15 is 0 Å². The maximum absolute atomic E-state index is 13.0. The summed E-state index contributed by atoms with van der Waals surface area (Å²) in [5, 5.41) is 2.20. The van der Waals surface area contributed by atoms with E-state index in [1.54, 1.807) is 6.08 Å². The summed E-state index contributed by atoms with van der Waals surface area (Å²) < 4.78 is 37.2. The van der Waals surface area contributed by atoms with Crippen molar-refractivity contribution in [2.24, 2.45) is 17.4 Å². The van der Waals surface area contributed by atoms with E-state index in [0.29, 0.717) is 18.4 Å². The zero-order chi connectivity index (χ0) is 21.2. The lowest BCUT2D eigenvalue weighted by Crippen LogP contribution is -2.52. The third-order valence-corrected chi connectivity index (χ3v) is 5.04. The third-order valence-electron chi connectivity index (χ3n) is 5.04. The minimum atomic E-state index is -4.60. The summed E-state index contributed by atoms with van der Waals surface area (Å²) >= 11 is 0. The summed E-state index contributed by atoms with van der Waals surface area (Å²) in [7, 11) is 1.50. The monoisotopic (exact) mass is 402 g/mol. The number of nitrogens with one attached hydrogen (secondary N) is 1. The van der Waals surface area contributed by atoms with Crippen molar-refractivity contribution < 1.29 is 27.6 Å². The Bertz CT molecular complexity index is 717. The molecule has 0 aromatic heterocycles. The highest BCUT2D eigenvalue weighted by Crippen LogP contribution is 2.33. The summed E-state index contributed by atoms with van der Waals surface area (Å²) in [6, 6.07) is -3.02. The minimum absolute atomic E-state index is 0.433. The predicted molar refractivity (Wildman–Crippen MR) is 95.5 cm³/mol. The van der Waals surface area contributed by atoms with Crippen LogP contribution in [0.4, 0.5) is 13.2 Å². The first kappa shape index (κ1) is 22.1. The predicted octanol–water partition coefficient (Wildman–Crippen LogP) is 0.750. The van der Waals surface area contributed by atoms with E-state index in [4.69, 9.17) is 11.5 Å². The summed E-state index contributed by atoms with van der Waals surface area (Å²) in [6.07, 6.45) is -1.24. The molecule has 0 spiro atoms.